The first-order valence-corrected chi connectivity index (χ1v) is 10.1. The standard InChI is InChI=1S/C20H38O5/c1-2-3-4-5-6-7-8-9-10-11-12-13-14-15-16-25-18(20(23)24)17-19(21)22/h18H,2-17H2,1H3,(H,21,22)(H,23,24). The maximum absolute atomic E-state index is 10.8. The van der Waals surface area contributed by atoms with Gasteiger partial charge in [0.15, 0.2) is 6.10 Å². The molecular formula is C20H38O5. The molecule has 1 unspecified atom stereocenters. The summed E-state index contributed by atoms with van der Waals surface area (Å²) in [6.45, 7) is 2.57. The average Bonchev–Trinajstić information content (AvgIpc) is 2.56. The van der Waals surface area contributed by atoms with Crippen LogP contribution in [0.4, 0.5) is 0 Å². The Morgan fingerprint density at radius 1 is 0.720 bits per heavy atom. The first kappa shape index (κ1) is 23.9. The quantitative estimate of drug-likeness (QED) is 0.301. The molecule has 0 aromatic rings. The molecule has 0 aromatic heterocycles. The average molecular weight is 359 g/mol. The molecule has 0 bridgehead atoms. The smallest absolute Gasteiger partial charge is 0.333 e. The minimum absolute atomic E-state index is 0.322. The Bertz CT molecular complexity index is 330. The number of rotatable bonds is 19. The summed E-state index contributed by atoms with van der Waals surface area (Å²) in [6, 6.07) is 0. The van der Waals surface area contributed by atoms with E-state index in [2.05, 4.69) is 6.92 Å². The lowest BCUT2D eigenvalue weighted by Gasteiger charge is -2.11. The second-order valence-electron chi connectivity index (χ2n) is 6.89. The van der Waals surface area contributed by atoms with Crippen LogP contribution in [0.5, 0.6) is 0 Å². The van der Waals surface area contributed by atoms with Gasteiger partial charge >= 0.3 is 11.9 Å². The molecule has 148 valence electrons. The van der Waals surface area contributed by atoms with Gasteiger partial charge in [0.2, 0.25) is 0 Å². The molecule has 0 saturated heterocycles. The zero-order valence-electron chi connectivity index (χ0n) is 16.0. The highest BCUT2D eigenvalue weighted by Crippen LogP contribution is 2.13. The van der Waals surface area contributed by atoms with Crippen LogP contribution in [-0.2, 0) is 14.3 Å². The predicted octanol–water partition coefficient (Wildman–Crippen LogP) is 5.41. The van der Waals surface area contributed by atoms with Crippen molar-refractivity contribution in [3.63, 3.8) is 0 Å². The molecule has 1 atom stereocenters. The van der Waals surface area contributed by atoms with Gasteiger partial charge in [-0.15, -0.1) is 0 Å². The molecule has 25 heavy (non-hydrogen) atoms. The van der Waals surface area contributed by atoms with E-state index in [1.54, 1.807) is 0 Å². The second-order valence-corrected chi connectivity index (χ2v) is 6.89. The third kappa shape index (κ3) is 17.5. The van der Waals surface area contributed by atoms with E-state index in [1.165, 1.54) is 70.6 Å². The summed E-state index contributed by atoms with van der Waals surface area (Å²) in [6.07, 6.45) is 16.0. The summed E-state index contributed by atoms with van der Waals surface area (Å²) in [5.74, 6) is -2.35. The molecule has 5 heteroatoms. The van der Waals surface area contributed by atoms with Crippen LogP contribution in [0.25, 0.3) is 0 Å². The molecular weight excluding hydrogens is 320 g/mol. The summed E-state index contributed by atoms with van der Waals surface area (Å²) in [4.78, 5) is 21.4. The fraction of sp³-hybridized carbons (Fsp3) is 0.900. The van der Waals surface area contributed by atoms with E-state index in [1.807, 2.05) is 0 Å². The minimum Gasteiger partial charge on any atom is -0.481 e. The van der Waals surface area contributed by atoms with Gasteiger partial charge in [-0.05, 0) is 6.42 Å². The molecule has 0 amide bonds. The van der Waals surface area contributed by atoms with Gasteiger partial charge in [0.1, 0.15) is 0 Å². The number of carboxylic acid groups (broad SMARTS) is 2. The van der Waals surface area contributed by atoms with Gasteiger partial charge in [0, 0.05) is 6.61 Å². The van der Waals surface area contributed by atoms with Crippen molar-refractivity contribution in [2.45, 2.75) is 109 Å². The fourth-order valence-electron chi connectivity index (χ4n) is 2.90. The van der Waals surface area contributed by atoms with Gasteiger partial charge in [-0.3, -0.25) is 4.79 Å². The van der Waals surface area contributed by atoms with E-state index >= 15 is 0 Å². The third-order valence-corrected chi connectivity index (χ3v) is 4.45. The highest BCUT2D eigenvalue weighted by molar-refractivity contribution is 5.79. The van der Waals surface area contributed by atoms with Gasteiger partial charge in [0.05, 0.1) is 6.42 Å². The van der Waals surface area contributed by atoms with Crippen molar-refractivity contribution >= 4 is 11.9 Å². The van der Waals surface area contributed by atoms with Crippen molar-refractivity contribution in [3.05, 3.63) is 0 Å². The topological polar surface area (TPSA) is 83.8 Å². The van der Waals surface area contributed by atoms with E-state index in [0.717, 1.165) is 19.3 Å². The highest BCUT2D eigenvalue weighted by Gasteiger charge is 2.21. The summed E-state index contributed by atoms with van der Waals surface area (Å²) in [7, 11) is 0. The van der Waals surface area contributed by atoms with E-state index in [9.17, 15) is 9.59 Å². The Hall–Kier alpha value is -1.10. The molecule has 0 aliphatic rings. The molecule has 0 rings (SSSR count). The summed E-state index contributed by atoms with van der Waals surface area (Å²) in [5.41, 5.74) is 0. The van der Waals surface area contributed by atoms with Crippen LogP contribution in [0.3, 0.4) is 0 Å². The Balaban J connectivity index is 3.28. The van der Waals surface area contributed by atoms with Gasteiger partial charge in [-0.25, -0.2) is 4.79 Å². The van der Waals surface area contributed by atoms with Crippen molar-refractivity contribution in [2.24, 2.45) is 0 Å². The van der Waals surface area contributed by atoms with Gasteiger partial charge < -0.3 is 14.9 Å². The lowest BCUT2D eigenvalue weighted by atomic mass is 10.0. The molecule has 0 aromatic carbocycles. The number of ether oxygens (including phenoxy) is 1. The first-order chi connectivity index (χ1) is 12.1. The molecule has 0 saturated carbocycles. The van der Waals surface area contributed by atoms with Crippen LogP contribution in [0, 0.1) is 0 Å². The van der Waals surface area contributed by atoms with Crippen molar-refractivity contribution in [1.29, 1.82) is 0 Å². The SMILES string of the molecule is CCCCCCCCCCCCCCCCOC(CC(=O)O)C(=O)O. The molecule has 0 aliphatic carbocycles. The molecule has 2 N–H and O–H groups in total. The molecule has 0 heterocycles. The van der Waals surface area contributed by atoms with Crippen LogP contribution in [0.1, 0.15) is 103 Å². The minimum atomic E-state index is -1.22. The van der Waals surface area contributed by atoms with Crippen LogP contribution >= 0.6 is 0 Å². The number of aliphatic carboxylic acids is 2. The van der Waals surface area contributed by atoms with Crippen molar-refractivity contribution < 1.29 is 24.5 Å². The van der Waals surface area contributed by atoms with Crippen LogP contribution < -0.4 is 0 Å². The number of unbranched alkanes of at least 4 members (excludes halogenated alkanes) is 13. The molecule has 0 aliphatic heterocycles. The summed E-state index contributed by atoms with van der Waals surface area (Å²) in [5, 5.41) is 17.5. The normalized spacial score (nSPS) is 12.2. The summed E-state index contributed by atoms with van der Waals surface area (Å²) >= 11 is 0. The predicted molar refractivity (Wildman–Crippen MR) is 99.9 cm³/mol. The molecule has 0 radical (unpaired) electrons. The zero-order valence-corrected chi connectivity index (χ0v) is 16.0. The second kappa shape index (κ2) is 17.7. The highest BCUT2D eigenvalue weighted by atomic mass is 16.5. The Morgan fingerprint density at radius 2 is 1.12 bits per heavy atom. The van der Waals surface area contributed by atoms with Crippen molar-refractivity contribution in [1.82, 2.24) is 0 Å². The maximum atomic E-state index is 10.8. The van der Waals surface area contributed by atoms with E-state index < -0.39 is 24.5 Å². The van der Waals surface area contributed by atoms with Crippen molar-refractivity contribution in [3.8, 4) is 0 Å². The van der Waals surface area contributed by atoms with E-state index in [4.69, 9.17) is 14.9 Å². The van der Waals surface area contributed by atoms with Crippen molar-refractivity contribution in [2.75, 3.05) is 6.61 Å². The molecule has 0 spiro atoms. The van der Waals surface area contributed by atoms with Crippen LogP contribution in [0.15, 0.2) is 0 Å². The first-order valence-electron chi connectivity index (χ1n) is 10.1. The van der Waals surface area contributed by atoms with Crippen LogP contribution in [0.2, 0.25) is 0 Å². The lowest BCUT2D eigenvalue weighted by molar-refractivity contribution is -0.156. The maximum Gasteiger partial charge on any atom is 0.333 e. The monoisotopic (exact) mass is 358 g/mol. The number of hydrogen-bond acceptors (Lipinski definition) is 3. The van der Waals surface area contributed by atoms with E-state index in [0.29, 0.717) is 6.61 Å². The zero-order chi connectivity index (χ0) is 18.8. The number of carboxylic acids is 2. The largest absolute Gasteiger partial charge is 0.481 e. The number of carbonyl (C=O) groups is 2. The fourth-order valence-corrected chi connectivity index (χ4v) is 2.90. The Morgan fingerprint density at radius 3 is 1.48 bits per heavy atom. The number of hydrogen-bond donors (Lipinski definition) is 2. The van der Waals surface area contributed by atoms with Gasteiger partial charge in [-0.2, -0.15) is 0 Å². The van der Waals surface area contributed by atoms with Gasteiger partial charge in [-0.1, -0.05) is 90.4 Å². The molecule has 5 nitrogen and oxygen atoms in total. The van der Waals surface area contributed by atoms with E-state index in [-0.39, 0.29) is 0 Å². The summed E-state index contributed by atoms with van der Waals surface area (Å²) < 4.78 is 5.14. The van der Waals surface area contributed by atoms with Crippen LogP contribution in [-0.4, -0.2) is 34.9 Å². The third-order valence-electron chi connectivity index (χ3n) is 4.45. The molecule has 0 fully saturated rings. The Kier molecular flexibility index (Phi) is 16.9. The Labute approximate surface area is 153 Å². The van der Waals surface area contributed by atoms with Gasteiger partial charge in [0.25, 0.3) is 0 Å². The lowest BCUT2D eigenvalue weighted by Crippen LogP contribution is -2.27.